The number of rotatable bonds is 6. The molecule has 0 saturated heterocycles. The minimum absolute atomic E-state index is 0.0592. The number of hydrogen-bond donors (Lipinski definition) is 1. The third kappa shape index (κ3) is 4.48. The van der Waals surface area contributed by atoms with Crippen LogP contribution in [0.2, 0.25) is 0 Å². The van der Waals surface area contributed by atoms with E-state index in [-0.39, 0.29) is 24.8 Å². The van der Waals surface area contributed by atoms with E-state index < -0.39 is 11.2 Å². The lowest BCUT2D eigenvalue weighted by atomic mass is 10.2. The smallest absolute Gasteiger partial charge is 0.307 e. The number of para-hydroxylation sites is 1. The Morgan fingerprint density at radius 1 is 1.26 bits per heavy atom. The van der Waals surface area contributed by atoms with E-state index in [1.54, 1.807) is 4.90 Å². The van der Waals surface area contributed by atoms with Crippen molar-refractivity contribution in [2.24, 2.45) is 0 Å². The summed E-state index contributed by atoms with van der Waals surface area (Å²) in [7, 11) is 0. The summed E-state index contributed by atoms with van der Waals surface area (Å²) in [6.45, 7) is 4.60. The molecular formula is C16H20N2O4S. The van der Waals surface area contributed by atoms with Crippen LogP contribution in [-0.2, 0) is 19.1 Å². The van der Waals surface area contributed by atoms with Crippen molar-refractivity contribution in [1.82, 2.24) is 4.90 Å². The first-order chi connectivity index (χ1) is 11.0. The number of benzene rings is 1. The monoisotopic (exact) mass is 336 g/mol. The van der Waals surface area contributed by atoms with Crippen LogP contribution in [0.25, 0.3) is 0 Å². The Morgan fingerprint density at radius 3 is 2.65 bits per heavy atom. The number of carbonyl (C=O) groups is 3. The lowest BCUT2D eigenvalue weighted by Crippen LogP contribution is -2.35. The summed E-state index contributed by atoms with van der Waals surface area (Å²) in [6.07, 6.45) is -0.0592. The molecule has 0 radical (unpaired) electrons. The highest BCUT2D eigenvalue weighted by Gasteiger charge is 2.29. The second-order valence-corrected chi connectivity index (χ2v) is 6.27. The highest BCUT2D eigenvalue weighted by Crippen LogP contribution is 2.36. The van der Waals surface area contributed by atoms with Gasteiger partial charge in [0.05, 0.1) is 17.4 Å². The number of fused-ring (bicyclic) bond motifs is 1. The number of thioether (sulfide) groups is 1. The number of likely N-dealkylation sites (N-methyl/N-ethyl adjacent to an activating group) is 1. The Hall–Kier alpha value is -2.02. The third-order valence-electron chi connectivity index (χ3n) is 3.53. The minimum Gasteiger partial charge on any atom is -0.456 e. The second kappa shape index (κ2) is 8.01. The molecule has 0 aliphatic carbocycles. The topological polar surface area (TPSA) is 75.7 Å². The first-order valence-corrected chi connectivity index (χ1v) is 8.43. The summed E-state index contributed by atoms with van der Waals surface area (Å²) in [5.74, 6) is -0.993. The molecule has 0 fully saturated rings. The van der Waals surface area contributed by atoms with Crippen molar-refractivity contribution < 1.29 is 19.1 Å². The van der Waals surface area contributed by atoms with Gasteiger partial charge in [0, 0.05) is 18.0 Å². The molecule has 1 aliphatic heterocycles. The van der Waals surface area contributed by atoms with Crippen molar-refractivity contribution in [2.45, 2.75) is 30.4 Å². The summed E-state index contributed by atoms with van der Waals surface area (Å²) >= 11 is 1.33. The van der Waals surface area contributed by atoms with Crippen LogP contribution in [0.4, 0.5) is 5.69 Å². The SMILES string of the molecule is CCN(CC)C(=O)COC(=O)C[C@H]1Sc2ccccc2NC1=O. The van der Waals surface area contributed by atoms with E-state index in [0.29, 0.717) is 13.1 Å². The fourth-order valence-corrected chi connectivity index (χ4v) is 3.34. The molecule has 0 aromatic heterocycles. The van der Waals surface area contributed by atoms with Crippen LogP contribution >= 0.6 is 11.8 Å². The molecule has 0 saturated carbocycles. The van der Waals surface area contributed by atoms with Crippen LogP contribution in [0.3, 0.4) is 0 Å². The standard InChI is InChI=1S/C16H20N2O4S/c1-3-18(4-2)14(19)10-22-15(20)9-13-16(21)17-11-7-5-6-8-12(11)23-13/h5-8,13H,3-4,9-10H2,1-2H3,(H,17,21)/t13-/m1/s1. The van der Waals surface area contributed by atoms with Gasteiger partial charge < -0.3 is 15.0 Å². The largest absolute Gasteiger partial charge is 0.456 e. The third-order valence-corrected chi connectivity index (χ3v) is 4.81. The quantitative estimate of drug-likeness (QED) is 0.803. The maximum Gasteiger partial charge on any atom is 0.307 e. The van der Waals surface area contributed by atoms with E-state index in [1.807, 2.05) is 38.1 Å². The van der Waals surface area contributed by atoms with Gasteiger partial charge in [-0.15, -0.1) is 11.8 Å². The van der Waals surface area contributed by atoms with Gasteiger partial charge in [-0.3, -0.25) is 14.4 Å². The maximum absolute atomic E-state index is 12.0. The second-order valence-electron chi connectivity index (χ2n) is 5.02. The number of esters is 1. The van der Waals surface area contributed by atoms with Crippen LogP contribution in [0, 0.1) is 0 Å². The van der Waals surface area contributed by atoms with Gasteiger partial charge in [-0.2, -0.15) is 0 Å². The molecule has 1 heterocycles. The highest BCUT2D eigenvalue weighted by atomic mass is 32.2. The van der Waals surface area contributed by atoms with Crippen LogP contribution < -0.4 is 5.32 Å². The van der Waals surface area contributed by atoms with Gasteiger partial charge in [0.1, 0.15) is 0 Å². The number of anilines is 1. The molecular weight excluding hydrogens is 316 g/mol. The molecule has 1 aliphatic rings. The highest BCUT2D eigenvalue weighted by molar-refractivity contribution is 8.01. The van der Waals surface area contributed by atoms with Gasteiger partial charge >= 0.3 is 5.97 Å². The van der Waals surface area contributed by atoms with Crippen LogP contribution in [0.15, 0.2) is 29.2 Å². The van der Waals surface area contributed by atoms with Gasteiger partial charge in [-0.1, -0.05) is 12.1 Å². The maximum atomic E-state index is 12.0. The lowest BCUT2D eigenvalue weighted by molar-refractivity contribution is -0.152. The molecule has 0 unspecified atom stereocenters. The first kappa shape index (κ1) is 17.3. The average molecular weight is 336 g/mol. The molecule has 2 rings (SSSR count). The summed E-state index contributed by atoms with van der Waals surface area (Å²) in [4.78, 5) is 38.2. The van der Waals surface area contributed by atoms with Gasteiger partial charge in [-0.05, 0) is 26.0 Å². The van der Waals surface area contributed by atoms with Crippen molar-refractivity contribution in [2.75, 3.05) is 25.0 Å². The van der Waals surface area contributed by atoms with Gasteiger partial charge in [0.25, 0.3) is 5.91 Å². The molecule has 7 heteroatoms. The van der Waals surface area contributed by atoms with Crippen LogP contribution in [0.5, 0.6) is 0 Å². The van der Waals surface area contributed by atoms with E-state index in [2.05, 4.69) is 5.32 Å². The van der Waals surface area contributed by atoms with Crippen LogP contribution in [-0.4, -0.2) is 47.6 Å². The Morgan fingerprint density at radius 2 is 1.96 bits per heavy atom. The fourth-order valence-electron chi connectivity index (χ4n) is 2.25. The number of nitrogens with one attached hydrogen (secondary N) is 1. The van der Waals surface area contributed by atoms with Crippen molar-refractivity contribution in [3.8, 4) is 0 Å². The van der Waals surface area contributed by atoms with Crippen molar-refractivity contribution in [1.29, 1.82) is 0 Å². The van der Waals surface area contributed by atoms with Gasteiger partial charge in [0.2, 0.25) is 5.91 Å². The molecule has 2 amide bonds. The Bertz CT molecular complexity index is 601. The number of ether oxygens (including phenoxy) is 1. The minimum atomic E-state index is -0.544. The van der Waals surface area contributed by atoms with Crippen LogP contribution in [0.1, 0.15) is 20.3 Å². The van der Waals surface area contributed by atoms with E-state index >= 15 is 0 Å². The molecule has 1 aromatic carbocycles. The Balaban J connectivity index is 1.86. The fraction of sp³-hybridized carbons (Fsp3) is 0.438. The summed E-state index contributed by atoms with van der Waals surface area (Å²) in [6, 6.07) is 7.42. The number of carbonyl (C=O) groups excluding carboxylic acids is 3. The number of nitrogens with zero attached hydrogens (tertiary/aromatic N) is 1. The predicted molar refractivity (Wildman–Crippen MR) is 88.2 cm³/mol. The molecule has 1 atom stereocenters. The van der Waals surface area contributed by atoms with Crippen molar-refractivity contribution >= 4 is 35.2 Å². The molecule has 0 spiro atoms. The normalized spacial score (nSPS) is 16.3. The molecule has 124 valence electrons. The molecule has 0 bridgehead atoms. The van der Waals surface area contributed by atoms with E-state index in [9.17, 15) is 14.4 Å². The number of amides is 2. The zero-order valence-electron chi connectivity index (χ0n) is 13.2. The summed E-state index contributed by atoms with van der Waals surface area (Å²) in [5.41, 5.74) is 0.754. The zero-order chi connectivity index (χ0) is 16.8. The lowest BCUT2D eigenvalue weighted by Gasteiger charge is -2.23. The Labute approximate surface area is 139 Å². The average Bonchev–Trinajstić information content (AvgIpc) is 2.55. The molecule has 23 heavy (non-hydrogen) atoms. The van der Waals surface area contributed by atoms with Crippen molar-refractivity contribution in [3.05, 3.63) is 24.3 Å². The summed E-state index contributed by atoms with van der Waals surface area (Å²) < 4.78 is 5.00. The molecule has 1 aromatic rings. The van der Waals surface area contributed by atoms with E-state index in [0.717, 1.165) is 10.6 Å². The van der Waals surface area contributed by atoms with E-state index in [1.165, 1.54) is 11.8 Å². The predicted octanol–water partition coefficient (Wildman–Crippen LogP) is 1.90. The van der Waals surface area contributed by atoms with Crippen molar-refractivity contribution in [3.63, 3.8) is 0 Å². The summed E-state index contributed by atoms with van der Waals surface area (Å²) in [5, 5.41) is 2.23. The van der Waals surface area contributed by atoms with E-state index in [4.69, 9.17) is 4.74 Å². The first-order valence-electron chi connectivity index (χ1n) is 7.55. The van der Waals surface area contributed by atoms with Gasteiger partial charge in [-0.25, -0.2) is 0 Å². The number of hydrogen-bond acceptors (Lipinski definition) is 5. The molecule has 1 N–H and O–H groups in total. The van der Waals surface area contributed by atoms with Gasteiger partial charge in [0.15, 0.2) is 6.61 Å². The zero-order valence-corrected chi connectivity index (χ0v) is 14.0. The molecule has 6 nitrogen and oxygen atoms in total. The Kier molecular flexibility index (Phi) is 6.04.